The summed E-state index contributed by atoms with van der Waals surface area (Å²) in [6, 6.07) is 8.98. The third-order valence-corrected chi connectivity index (χ3v) is 6.82. The molecule has 6 heterocycles. The van der Waals surface area contributed by atoms with Gasteiger partial charge in [-0.2, -0.15) is 4.68 Å². The van der Waals surface area contributed by atoms with Crippen molar-refractivity contribution in [3.8, 4) is 22.8 Å². The van der Waals surface area contributed by atoms with Gasteiger partial charge in [-0.05, 0) is 34.7 Å². The van der Waals surface area contributed by atoms with Crippen molar-refractivity contribution in [1.29, 1.82) is 0 Å². The largest absolute Gasteiger partial charge is 0.494 e. The van der Waals surface area contributed by atoms with E-state index in [9.17, 15) is 9.59 Å². The molecule has 0 saturated carbocycles. The predicted octanol–water partition coefficient (Wildman–Crippen LogP) is 2.19. The molecule has 6 rings (SSSR count). The van der Waals surface area contributed by atoms with Crippen LogP contribution in [-0.2, 0) is 4.79 Å². The molecule has 0 aliphatic carbocycles. The molecular weight excluding hydrogens is 524 g/mol. The summed E-state index contributed by atoms with van der Waals surface area (Å²) in [5.41, 5.74) is 1.79. The van der Waals surface area contributed by atoms with Crippen molar-refractivity contribution in [1.82, 2.24) is 45.0 Å². The first-order valence-electron chi connectivity index (χ1n) is 12.0. The number of aromatic nitrogens is 8. The first kappa shape index (κ1) is 24.4. The zero-order valence-electron chi connectivity index (χ0n) is 20.7. The molecule has 39 heavy (non-hydrogen) atoms. The molecule has 0 bridgehead atoms. The molecule has 5 aromatic heterocycles. The molecule has 0 unspecified atom stereocenters. The number of piperazine rings is 1. The monoisotopic (exact) mass is 544 g/mol. The van der Waals surface area contributed by atoms with Crippen molar-refractivity contribution in [2.45, 2.75) is 0 Å². The summed E-state index contributed by atoms with van der Waals surface area (Å²) >= 11 is 6.30. The molecule has 5 aromatic rings. The Labute approximate surface area is 226 Å². The van der Waals surface area contributed by atoms with Crippen LogP contribution in [-0.4, -0.2) is 90.0 Å². The van der Waals surface area contributed by atoms with Crippen molar-refractivity contribution in [2.24, 2.45) is 0 Å². The first-order chi connectivity index (χ1) is 19.1. The molecule has 196 valence electrons. The van der Waals surface area contributed by atoms with Crippen LogP contribution in [0.4, 0.5) is 5.95 Å². The highest BCUT2D eigenvalue weighted by Crippen LogP contribution is 2.36. The van der Waals surface area contributed by atoms with Gasteiger partial charge in [-0.3, -0.25) is 14.6 Å². The average Bonchev–Trinajstić information content (AvgIpc) is 3.65. The van der Waals surface area contributed by atoms with E-state index in [1.54, 1.807) is 35.3 Å². The lowest BCUT2D eigenvalue weighted by Crippen LogP contribution is -2.51. The van der Waals surface area contributed by atoms with Gasteiger partial charge < -0.3 is 19.5 Å². The molecule has 0 radical (unpaired) electrons. The van der Waals surface area contributed by atoms with Crippen LogP contribution >= 0.6 is 11.6 Å². The number of amides is 1. The molecule has 1 fully saturated rings. The molecule has 1 amide bonds. The van der Waals surface area contributed by atoms with Crippen molar-refractivity contribution in [3.05, 3.63) is 65.8 Å². The topological polar surface area (TPSA) is 148 Å². The van der Waals surface area contributed by atoms with Crippen LogP contribution in [0.1, 0.15) is 10.4 Å². The van der Waals surface area contributed by atoms with Gasteiger partial charge in [0.2, 0.25) is 0 Å². The SMILES string of the molecule is COc1cnc(-c2cccnc2Cl)c2[nH]cc(C(=O)C(=O)N3CCN(c4nnnn4-c4ccccn4)CC3)c12. The molecular formula is C25H21ClN10O3. The number of carbonyl (C=O) groups is 2. The summed E-state index contributed by atoms with van der Waals surface area (Å²) < 4.78 is 7.03. The minimum atomic E-state index is -0.652. The quantitative estimate of drug-likeness (QED) is 0.191. The van der Waals surface area contributed by atoms with Crippen molar-refractivity contribution < 1.29 is 14.3 Å². The minimum absolute atomic E-state index is 0.192. The van der Waals surface area contributed by atoms with Crippen LogP contribution in [0.3, 0.4) is 0 Å². The lowest BCUT2D eigenvalue weighted by atomic mass is 10.1. The van der Waals surface area contributed by atoms with Gasteiger partial charge >= 0.3 is 0 Å². The number of hydrogen-bond donors (Lipinski definition) is 1. The highest BCUT2D eigenvalue weighted by molar-refractivity contribution is 6.45. The number of ketones is 1. The standard InChI is InChI=1S/C25H21ClN10O3/c1-39-17-14-30-20(15-5-4-8-28-23(15)26)21-19(17)16(13-29-21)22(37)24(38)34-9-11-35(12-10-34)25-31-32-33-36(25)18-6-2-3-7-27-18/h2-8,13-14,29H,9-12H2,1H3. The number of tetrazole rings is 1. The Hall–Kier alpha value is -4.91. The fourth-order valence-electron chi connectivity index (χ4n) is 4.59. The van der Waals surface area contributed by atoms with Crippen LogP contribution in [0.25, 0.3) is 28.0 Å². The molecule has 14 heteroatoms. The molecule has 1 N–H and O–H groups in total. The number of pyridine rings is 3. The van der Waals surface area contributed by atoms with Crippen molar-refractivity contribution >= 4 is 40.1 Å². The molecule has 1 saturated heterocycles. The van der Waals surface area contributed by atoms with Gasteiger partial charge in [0.15, 0.2) is 5.82 Å². The zero-order chi connectivity index (χ0) is 26.9. The fraction of sp³-hybridized carbons (Fsp3) is 0.200. The Kier molecular flexibility index (Phi) is 6.32. The number of halogens is 1. The van der Waals surface area contributed by atoms with Crippen LogP contribution < -0.4 is 9.64 Å². The fourth-order valence-corrected chi connectivity index (χ4v) is 4.80. The van der Waals surface area contributed by atoms with E-state index in [1.807, 2.05) is 17.0 Å². The summed E-state index contributed by atoms with van der Waals surface area (Å²) in [6.07, 6.45) is 6.24. The molecule has 1 aliphatic rings. The van der Waals surface area contributed by atoms with Crippen LogP contribution in [0.15, 0.2) is 55.1 Å². The van der Waals surface area contributed by atoms with Gasteiger partial charge in [-0.1, -0.05) is 22.8 Å². The summed E-state index contributed by atoms with van der Waals surface area (Å²) in [6.45, 7) is 1.52. The van der Waals surface area contributed by atoms with Crippen molar-refractivity contribution in [3.63, 3.8) is 0 Å². The number of ether oxygens (including phenoxy) is 1. The second-order valence-corrected chi connectivity index (χ2v) is 9.01. The number of nitrogens with one attached hydrogen (secondary N) is 1. The molecule has 0 aromatic carbocycles. The molecule has 0 atom stereocenters. The minimum Gasteiger partial charge on any atom is -0.494 e. The predicted molar refractivity (Wildman–Crippen MR) is 141 cm³/mol. The average molecular weight is 545 g/mol. The number of H-pyrrole nitrogens is 1. The van der Waals surface area contributed by atoms with Crippen LogP contribution in [0.5, 0.6) is 5.75 Å². The van der Waals surface area contributed by atoms with E-state index in [0.29, 0.717) is 65.9 Å². The van der Waals surface area contributed by atoms with E-state index in [1.165, 1.54) is 24.4 Å². The lowest BCUT2D eigenvalue weighted by Gasteiger charge is -2.34. The van der Waals surface area contributed by atoms with E-state index < -0.39 is 11.7 Å². The normalized spacial score (nSPS) is 13.6. The maximum atomic E-state index is 13.5. The Morgan fingerprint density at radius 3 is 2.59 bits per heavy atom. The number of hydrogen-bond acceptors (Lipinski definition) is 10. The molecule has 0 spiro atoms. The van der Waals surface area contributed by atoms with Gasteiger partial charge in [-0.25, -0.2) is 9.97 Å². The number of nitrogens with zero attached hydrogens (tertiary/aromatic N) is 9. The highest BCUT2D eigenvalue weighted by atomic mass is 35.5. The van der Waals surface area contributed by atoms with Gasteiger partial charge in [0.05, 0.1) is 35.5 Å². The van der Waals surface area contributed by atoms with E-state index in [0.717, 1.165) is 0 Å². The second kappa shape index (κ2) is 10.1. The summed E-state index contributed by atoms with van der Waals surface area (Å²) in [5, 5.41) is 12.7. The summed E-state index contributed by atoms with van der Waals surface area (Å²) in [7, 11) is 1.48. The third kappa shape index (κ3) is 4.32. The number of Topliss-reactive ketones (excluding diaryl/α,β-unsaturated/α-hetero) is 1. The highest BCUT2D eigenvalue weighted by Gasteiger charge is 2.31. The number of rotatable bonds is 6. The van der Waals surface area contributed by atoms with Gasteiger partial charge in [0.25, 0.3) is 17.6 Å². The Morgan fingerprint density at radius 1 is 1.03 bits per heavy atom. The number of methoxy groups -OCH3 is 1. The van der Waals surface area contributed by atoms with Gasteiger partial charge in [0.1, 0.15) is 10.9 Å². The Balaban J connectivity index is 1.24. The molecule has 1 aliphatic heterocycles. The summed E-state index contributed by atoms with van der Waals surface area (Å²) in [4.78, 5) is 46.2. The second-order valence-electron chi connectivity index (χ2n) is 8.66. The number of carbonyl (C=O) groups excluding carboxylic acids is 2. The third-order valence-electron chi connectivity index (χ3n) is 6.52. The Bertz CT molecular complexity index is 1680. The van der Waals surface area contributed by atoms with Gasteiger partial charge in [-0.15, -0.1) is 0 Å². The van der Waals surface area contributed by atoms with Crippen LogP contribution in [0, 0.1) is 0 Å². The first-order valence-corrected chi connectivity index (χ1v) is 12.4. The number of fused-ring (bicyclic) bond motifs is 1. The summed E-state index contributed by atoms with van der Waals surface area (Å²) in [5.74, 6) is 0.196. The van der Waals surface area contributed by atoms with E-state index in [-0.39, 0.29) is 10.7 Å². The van der Waals surface area contributed by atoms with Gasteiger partial charge in [0, 0.05) is 50.3 Å². The van der Waals surface area contributed by atoms with E-state index in [4.69, 9.17) is 16.3 Å². The zero-order valence-corrected chi connectivity index (χ0v) is 21.4. The van der Waals surface area contributed by atoms with Crippen LogP contribution in [0.2, 0.25) is 5.15 Å². The smallest absolute Gasteiger partial charge is 0.295 e. The number of anilines is 1. The maximum Gasteiger partial charge on any atom is 0.295 e. The van der Waals surface area contributed by atoms with E-state index in [2.05, 4.69) is 35.5 Å². The Morgan fingerprint density at radius 2 is 1.85 bits per heavy atom. The molecule has 13 nitrogen and oxygen atoms in total. The maximum absolute atomic E-state index is 13.5. The lowest BCUT2D eigenvalue weighted by molar-refractivity contribution is -0.126. The number of aromatic amines is 1. The van der Waals surface area contributed by atoms with Crippen molar-refractivity contribution in [2.75, 3.05) is 38.2 Å². The van der Waals surface area contributed by atoms with E-state index >= 15 is 0 Å².